The number of carbonyl (C=O) groups is 1. The van der Waals surface area contributed by atoms with Crippen molar-refractivity contribution in [3.63, 3.8) is 0 Å². The Labute approximate surface area is 123 Å². The molecule has 2 N–H and O–H groups in total. The monoisotopic (exact) mass is 324 g/mol. The Morgan fingerprint density at radius 2 is 2.16 bits per heavy atom. The highest BCUT2D eigenvalue weighted by Gasteiger charge is 2.29. The van der Waals surface area contributed by atoms with Gasteiger partial charge >= 0.3 is 0 Å². The number of rotatable bonds is 2. The fourth-order valence-corrected chi connectivity index (χ4v) is 3.05. The molecular formula is C15H21BrN2O. The van der Waals surface area contributed by atoms with Gasteiger partial charge in [0.15, 0.2) is 0 Å². The molecule has 1 heterocycles. The van der Waals surface area contributed by atoms with Crippen molar-refractivity contribution < 1.29 is 4.79 Å². The fraction of sp³-hybridized carbons (Fsp3) is 0.533. The normalized spacial score (nSPS) is 27.1. The SMILES string of the molecule is Cc1c(Br)cccc1C(=O)NC1C(C)CCNC1C. The van der Waals surface area contributed by atoms with Gasteiger partial charge in [0.1, 0.15) is 0 Å². The third-order valence-electron chi connectivity index (χ3n) is 4.03. The zero-order valence-electron chi connectivity index (χ0n) is 11.7. The van der Waals surface area contributed by atoms with Gasteiger partial charge in [-0.3, -0.25) is 4.79 Å². The molecule has 1 aliphatic heterocycles. The van der Waals surface area contributed by atoms with Crippen molar-refractivity contribution in [3.05, 3.63) is 33.8 Å². The van der Waals surface area contributed by atoms with Gasteiger partial charge in [-0.15, -0.1) is 0 Å². The summed E-state index contributed by atoms with van der Waals surface area (Å²) in [6, 6.07) is 6.25. The molecule has 1 fully saturated rings. The Hall–Kier alpha value is -0.870. The van der Waals surface area contributed by atoms with E-state index < -0.39 is 0 Å². The second-order valence-corrected chi connectivity index (χ2v) is 6.27. The van der Waals surface area contributed by atoms with Crippen LogP contribution < -0.4 is 10.6 Å². The van der Waals surface area contributed by atoms with Crippen molar-refractivity contribution in [1.29, 1.82) is 0 Å². The molecule has 3 atom stereocenters. The molecule has 1 aromatic carbocycles. The van der Waals surface area contributed by atoms with Gasteiger partial charge in [-0.25, -0.2) is 0 Å². The van der Waals surface area contributed by atoms with Gasteiger partial charge in [0.05, 0.1) is 0 Å². The molecule has 1 saturated heterocycles. The minimum absolute atomic E-state index is 0.0196. The summed E-state index contributed by atoms with van der Waals surface area (Å²) >= 11 is 3.47. The van der Waals surface area contributed by atoms with Crippen molar-refractivity contribution in [2.45, 2.75) is 39.3 Å². The lowest BCUT2D eigenvalue weighted by atomic mass is 9.89. The average Bonchev–Trinajstić information content (AvgIpc) is 2.37. The average molecular weight is 325 g/mol. The molecule has 2 rings (SSSR count). The van der Waals surface area contributed by atoms with E-state index in [1.54, 1.807) is 0 Å². The van der Waals surface area contributed by atoms with E-state index in [4.69, 9.17) is 0 Å². The lowest BCUT2D eigenvalue weighted by Gasteiger charge is -2.36. The second kappa shape index (κ2) is 6.06. The number of amides is 1. The van der Waals surface area contributed by atoms with E-state index in [-0.39, 0.29) is 11.9 Å². The van der Waals surface area contributed by atoms with Crippen molar-refractivity contribution >= 4 is 21.8 Å². The van der Waals surface area contributed by atoms with E-state index in [9.17, 15) is 4.79 Å². The summed E-state index contributed by atoms with van der Waals surface area (Å²) < 4.78 is 0.975. The Bertz CT molecular complexity index is 465. The molecule has 1 aliphatic rings. The number of hydrogen-bond donors (Lipinski definition) is 2. The Morgan fingerprint density at radius 3 is 2.84 bits per heavy atom. The first kappa shape index (κ1) is 14.5. The zero-order chi connectivity index (χ0) is 14.0. The summed E-state index contributed by atoms with van der Waals surface area (Å²) in [4.78, 5) is 12.4. The van der Waals surface area contributed by atoms with Crippen LogP contribution in [-0.2, 0) is 0 Å². The third kappa shape index (κ3) is 3.18. The maximum absolute atomic E-state index is 12.4. The summed E-state index contributed by atoms with van der Waals surface area (Å²) in [5.74, 6) is 0.527. The summed E-state index contributed by atoms with van der Waals surface area (Å²) in [6.45, 7) is 7.33. The van der Waals surface area contributed by atoms with Crippen LogP contribution in [0.1, 0.15) is 36.2 Å². The Morgan fingerprint density at radius 1 is 1.42 bits per heavy atom. The summed E-state index contributed by atoms with van der Waals surface area (Å²) in [6.07, 6.45) is 1.10. The van der Waals surface area contributed by atoms with Gasteiger partial charge in [0.25, 0.3) is 5.91 Å². The number of halogens is 1. The fourth-order valence-electron chi connectivity index (χ4n) is 2.69. The predicted molar refractivity (Wildman–Crippen MR) is 81.4 cm³/mol. The van der Waals surface area contributed by atoms with Crippen LogP contribution in [0.25, 0.3) is 0 Å². The maximum atomic E-state index is 12.4. The van der Waals surface area contributed by atoms with Crippen molar-refractivity contribution in [1.82, 2.24) is 10.6 Å². The van der Waals surface area contributed by atoms with Gasteiger partial charge in [-0.2, -0.15) is 0 Å². The van der Waals surface area contributed by atoms with Crippen molar-refractivity contribution in [2.24, 2.45) is 5.92 Å². The zero-order valence-corrected chi connectivity index (χ0v) is 13.3. The van der Waals surface area contributed by atoms with E-state index in [0.29, 0.717) is 12.0 Å². The lowest BCUT2D eigenvalue weighted by molar-refractivity contribution is 0.0897. The van der Waals surface area contributed by atoms with Gasteiger partial charge < -0.3 is 10.6 Å². The minimum Gasteiger partial charge on any atom is -0.347 e. The molecule has 0 bridgehead atoms. The molecule has 104 valence electrons. The number of hydrogen-bond acceptors (Lipinski definition) is 2. The summed E-state index contributed by atoms with van der Waals surface area (Å²) in [5.41, 5.74) is 1.74. The van der Waals surface area contributed by atoms with Gasteiger partial charge in [0, 0.05) is 22.1 Å². The molecule has 1 aromatic rings. The van der Waals surface area contributed by atoms with Crippen LogP contribution in [0, 0.1) is 12.8 Å². The predicted octanol–water partition coefficient (Wildman–Crippen LogP) is 2.87. The Kier molecular flexibility index (Phi) is 4.63. The van der Waals surface area contributed by atoms with E-state index >= 15 is 0 Å². The summed E-state index contributed by atoms with van der Waals surface area (Å²) in [5, 5.41) is 6.60. The summed E-state index contributed by atoms with van der Waals surface area (Å²) in [7, 11) is 0. The minimum atomic E-state index is 0.0196. The van der Waals surface area contributed by atoms with Crippen molar-refractivity contribution in [2.75, 3.05) is 6.54 Å². The van der Waals surface area contributed by atoms with E-state index in [1.807, 2.05) is 25.1 Å². The highest BCUT2D eigenvalue weighted by molar-refractivity contribution is 9.10. The number of carbonyl (C=O) groups excluding carboxylic acids is 1. The third-order valence-corrected chi connectivity index (χ3v) is 4.89. The standard InChI is InChI=1S/C15H21BrN2O/c1-9-7-8-17-11(3)14(9)18-15(19)12-5-4-6-13(16)10(12)2/h4-6,9,11,14,17H,7-8H2,1-3H3,(H,18,19). The van der Waals surface area contributed by atoms with Gasteiger partial charge in [-0.05, 0) is 50.4 Å². The van der Waals surface area contributed by atoms with Crippen LogP contribution in [-0.4, -0.2) is 24.5 Å². The van der Waals surface area contributed by atoms with Gasteiger partial charge in [0.2, 0.25) is 0 Å². The molecule has 0 radical (unpaired) electrons. The first-order chi connectivity index (χ1) is 9.00. The molecule has 4 heteroatoms. The van der Waals surface area contributed by atoms with Crippen LogP contribution in [0.3, 0.4) is 0 Å². The molecule has 19 heavy (non-hydrogen) atoms. The van der Waals surface area contributed by atoms with Crippen LogP contribution in [0.4, 0.5) is 0 Å². The molecule has 0 aromatic heterocycles. The molecule has 0 aliphatic carbocycles. The van der Waals surface area contributed by atoms with Crippen molar-refractivity contribution in [3.8, 4) is 0 Å². The second-order valence-electron chi connectivity index (χ2n) is 5.42. The largest absolute Gasteiger partial charge is 0.347 e. The smallest absolute Gasteiger partial charge is 0.251 e. The maximum Gasteiger partial charge on any atom is 0.251 e. The van der Waals surface area contributed by atoms with Crippen LogP contribution in [0.5, 0.6) is 0 Å². The first-order valence-corrected chi connectivity index (χ1v) is 7.59. The molecule has 3 nitrogen and oxygen atoms in total. The lowest BCUT2D eigenvalue weighted by Crippen LogP contribution is -2.56. The van der Waals surface area contributed by atoms with Gasteiger partial charge in [-0.1, -0.05) is 28.9 Å². The van der Waals surface area contributed by atoms with Crippen LogP contribution >= 0.6 is 15.9 Å². The molecule has 3 unspecified atom stereocenters. The molecule has 0 spiro atoms. The van der Waals surface area contributed by atoms with Crippen LogP contribution in [0.15, 0.2) is 22.7 Å². The Balaban J connectivity index is 2.14. The number of benzene rings is 1. The van der Waals surface area contributed by atoms with Crippen LogP contribution in [0.2, 0.25) is 0 Å². The highest BCUT2D eigenvalue weighted by Crippen LogP contribution is 2.21. The van der Waals surface area contributed by atoms with E-state index in [1.165, 1.54) is 0 Å². The molecule has 0 saturated carbocycles. The number of piperidine rings is 1. The topological polar surface area (TPSA) is 41.1 Å². The molecular weight excluding hydrogens is 304 g/mol. The first-order valence-electron chi connectivity index (χ1n) is 6.80. The molecule has 1 amide bonds. The van der Waals surface area contributed by atoms with E-state index in [2.05, 4.69) is 40.4 Å². The van der Waals surface area contributed by atoms with E-state index in [0.717, 1.165) is 28.6 Å². The number of nitrogens with one attached hydrogen (secondary N) is 2. The quantitative estimate of drug-likeness (QED) is 0.878. The highest BCUT2D eigenvalue weighted by atomic mass is 79.9.